The Kier molecular flexibility index (Phi) is 3.90. The Balaban J connectivity index is 1.66. The lowest BCUT2D eigenvalue weighted by Gasteiger charge is -2.09. The molecule has 2 nitrogen and oxygen atoms in total. The molecule has 0 heterocycles. The molecule has 2 aliphatic rings. The van der Waals surface area contributed by atoms with Gasteiger partial charge in [-0.2, -0.15) is 0 Å². The summed E-state index contributed by atoms with van der Waals surface area (Å²) in [6, 6.07) is 8.14. The van der Waals surface area contributed by atoms with Crippen molar-refractivity contribution in [3.63, 3.8) is 0 Å². The number of amides is 1. The lowest BCUT2D eigenvalue weighted by Crippen LogP contribution is -2.16. The molecule has 1 aromatic carbocycles. The molecule has 0 unspecified atom stereocenters. The van der Waals surface area contributed by atoms with Gasteiger partial charge in [0, 0.05) is 11.6 Å². The van der Waals surface area contributed by atoms with Gasteiger partial charge in [0.1, 0.15) is 0 Å². The first-order valence-electron chi connectivity index (χ1n) is 7.85. The summed E-state index contributed by atoms with van der Waals surface area (Å²) in [6.45, 7) is 2.13. The molecule has 1 saturated carbocycles. The Morgan fingerprint density at radius 1 is 1.15 bits per heavy atom. The molecular weight excluding hydrogens is 246 g/mol. The van der Waals surface area contributed by atoms with Crippen LogP contribution in [0.15, 0.2) is 36.4 Å². The number of para-hydroxylation sites is 1. The van der Waals surface area contributed by atoms with E-state index in [4.69, 9.17) is 0 Å². The average molecular weight is 269 g/mol. The topological polar surface area (TPSA) is 29.1 Å². The monoisotopic (exact) mass is 269 g/mol. The highest BCUT2D eigenvalue weighted by Gasteiger charge is 2.53. The second-order valence-electron chi connectivity index (χ2n) is 5.98. The van der Waals surface area contributed by atoms with E-state index < -0.39 is 0 Å². The number of aryl methyl sites for hydroxylation is 1. The van der Waals surface area contributed by atoms with Crippen molar-refractivity contribution >= 4 is 11.6 Å². The smallest absolute Gasteiger partial charge is 0.228 e. The largest absolute Gasteiger partial charge is 0.326 e. The predicted octanol–water partition coefficient (Wildman–Crippen LogP) is 4.18. The van der Waals surface area contributed by atoms with Crippen molar-refractivity contribution in [2.45, 2.75) is 39.0 Å². The van der Waals surface area contributed by atoms with Crippen LogP contribution in [0.5, 0.6) is 0 Å². The standard InChI is InChI=1S/C18H23NO/c1-2-13-9-7-8-12-16(13)19-18(20)17-14-10-5-3-4-6-11-15(14)17/h3-4,7-9,12,14-15,17H,2,5-6,10-11H2,1H3,(H,19,20)/b4-3-/t14-,15-/m0/s1. The van der Waals surface area contributed by atoms with Crippen molar-refractivity contribution in [1.82, 2.24) is 0 Å². The Morgan fingerprint density at radius 2 is 1.80 bits per heavy atom. The number of nitrogens with one attached hydrogen (secondary N) is 1. The van der Waals surface area contributed by atoms with E-state index in [9.17, 15) is 4.79 Å². The van der Waals surface area contributed by atoms with E-state index in [0.717, 1.165) is 24.9 Å². The third-order valence-corrected chi connectivity index (χ3v) is 4.79. The van der Waals surface area contributed by atoms with Crippen LogP contribution < -0.4 is 5.32 Å². The number of carbonyl (C=O) groups excluding carboxylic acids is 1. The van der Waals surface area contributed by atoms with E-state index >= 15 is 0 Å². The van der Waals surface area contributed by atoms with E-state index in [0.29, 0.717) is 11.8 Å². The zero-order valence-corrected chi connectivity index (χ0v) is 12.1. The van der Waals surface area contributed by atoms with Crippen LogP contribution in [-0.4, -0.2) is 5.91 Å². The Hall–Kier alpha value is -1.57. The van der Waals surface area contributed by atoms with Crippen molar-refractivity contribution in [1.29, 1.82) is 0 Å². The first-order chi connectivity index (χ1) is 9.81. The van der Waals surface area contributed by atoms with Crippen LogP contribution in [0.2, 0.25) is 0 Å². The summed E-state index contributed by atoms with van der Waals surface area (Å²) >= 11 is 0. The minimum Gasteiger partial charge on any atom is -0.326 e. The van der Waals surface area contributed by atoms with Gasteiger partial charge in [0.25, 0.3) is 0 Å². The molecule has 1 fully saturated rings. The van der Waals surface area contributed by atoms with Crippen LogP contribution in [0.1, 0.15) is 38.2 Å². The first-order valence-corrected chi connectivity index (χ1v) is 7.85. The molecule has 2 aliphatic carbocycles. The van der Waals surface area contributed by atoms with Gasteiger partial charge in [-0.1, -0.05) is 37.3 Å². The fourth-order valence-electron chi connectivity index (χ4n) is 3.60. The molecule has 0 aliphatic heterocycles. The van der Waals surface area contributed by atoms with Crippen molar-refractivity contribution in [2.75, 3.05) is 5.32 Å². The number of hydrogen-bond acceptors (Lipinski definition) is 1. The lowest BCUT2D eigenvalue weighted by molar-refractivity contribution is -0.117. The highest BCUT2D eigenvalue weighted by atomic mass is 16.2. The highest BCUT2D eigenvalue weighted by molar-refractivity contribution is 5.95. The van der Waals surface area contributed by atoms with E-state index in [-0.39, 0.29) is 11.8 Å². The fourth-order valence-corrected chi connectivity index (χ4v) is 3.60. The van der Waals surface area contributed by atoms with E-state index in [2.05, 4.69) is 30.5 Å². The molecule has 106 valence electrons. The van der Waals surface area contributed by atoms with Crippen LogP contribution in [0.4, 0.5) is 5.69 Å². The Morgan fingerprint density at radius 3 is 2.45 bits per heavy atom. The highest BCUT2D eigenvalue weighted by Crippen LogP contribution is 2.53. The van der Waals surface area contributed by atoms with Crippen molar-refractivity contribution in [3.05, 3.63) is 42.0 Å². The molecule has 0 radical (unpaired) electrons. The summed E-state index contributed by atoms with van der Waals surface area (Å²) in [7, 11) is 0. The molecule has 2 heteroatoms. The molecule has 1 N–H and O–H groups in total. The Labute approximate surface area is 121 Å². The van der Waals surface area contributed by atoms with Crippen LogP contribution in [0.25, 0.3) is 0 Å². The first kappa shape index (κ1) is 13.4. The van der Waals surface area contributed by atoms with Gasteiger partial charge in [0.2, 0.25) is 5.91 Å². The maximum absolute atomic E-state index is 12.5. The normalized spacial score (nSPS) is 29.8. The van der Waals surface area contributed by atoms with Gasteiger partial charge in [0.05, 0.1) is 0 Å². The summed E-state index contributed by atoms with van der Waals surface area (Å²) in [6.07, 6.45) is 10.1. The fraction of sp³-hybridized carbons (Fsp3) is 0.500. The van der Waals surface area contributed by atoms with Gasteiger partial charge in [-0.3, -0.25) is 4.79 Å². The third kappa shape index (κ3) is 2.65. The molecule has 3 rings (SSSR count). The SMILES string of the molecule is CCc1ccccc1NC(=O)C1[C@H]2CC/C=C\CC[C@H]12. The predicted molar refractivity (Wildman–Crippen MR) is 82.5 cm³/mol. The molecule has 20 heavy (non-hydrogen) atoms. The van der Waals surface area contributed by atoms with Crippen LogP contribution in [0.3, 0.4) is 0 Å². The maximum atomic E-state index is 12.5. The van der Waals surface area contributed by atoms with Gasteiger partial charge in [-0.05, 0) is 55.6 Å². The second kappa shape index (κ2) is 5.82. The van der Waals surface area contributed by atoms with Crippen LogP contribution in [-0.2, 0) is 11.2 Å². The average Bonchev–Trinajstić information content (AvgIpc) is 3.10. The lowest BCUT2D eigenvalue weighted by atomic mass is 10.1. The number of fused-ring (bicyclic) bond motifs is 1. The van der Waals surface area contributed by atoms with Gasteiger partial charge in [0.15, 0.2) is 0 Å². The summed E-state index contributed by atoms with van der Waals surface area (Å²) in [4.78, 5) is 12.5. The van der Waals surface area contributed by atoms with Gasteiger partial charge >= 0.3 is 0 Å². The third-order valence-electron chi connectivity index (χ3n) is 4.79. The number of hydrogen-bond donors (Lipinski definition) is 1. The van der Waals surface area contributed by atoms with Gasteiger partial charge in [-0.15, -0.1) is 0 Å². The number of carbonyl (C=O) groups is 1. The number of anilines is 1. The number of benzene rings is 1. The van der Waals surface area contributed by atoms with Crippen molar-refractivity contribution in [3.8, 4) is 0 Å². The minimum atomic E-state index is 0.239. The van der Waals surface area contributed by atoms with Crippen LogP contribution in [0, 0.1) is 17.8 Å². The molecule has 1 aromatic rings. The minimum absolute atomic E-state index is 0.239. The second-order valence-corrected chi connectivity index (χ2v) is 5.98. The molecular formula is C18H23NO. The zero-order valence-electron chi connectivity index (χ0n) is 12.1. The zero-order chi connectivity index (χ0) is 13.9. The molecule has 0 aromatic heterocycles. The quantitative estimate of drug-likeness (QED) is 0.819. The molecule has 2 atom stereocenters. The number of rotatable bonds is 3. The summed E-state index contributed by atoms with van der Waals surface area (Å²) in [5, 5.41) is 3.16. The molecule has 1 amide bonds. The van der Waals surface area contributed by atoms with E-state index in [1.807, 2.05) is 18.2 Å². The van der Waals surface area contributed by atoms with Crippen LogP contribution >= 0.6 is 0 Å². The van der Waals surface area contributed by atoms with E-state index in [1.54, 1.807) is 0 Å². The molecule has 0 bridgehead atoms. The summed E-state index contributed by atoms with van der Waals surface area (Å²) < 4.78 is 0. The van der Waals surface area contributed by atoms with Crippen molar-refractivity contribution < 1.29 is 4.79 Å². The molecule has 0 spiro atoms. The summed E-state index contributed by atoms with van der Waals surface area (Å²) in [5.74, 6) is 1.73. The molecule has 0 saturated heterocycles. The number of allylic oxidation sites excluding steroid dienone is 2. The summed E-state index contributed by atoms with van der Waals surface area (Å²) in [5.41, 5.74) is 2.22. The van der Waals surface area contributed by atoms with Gasteiger partial charge in [-0.25, -0.2) is 0 Å². The van der Waals surface area contributed by atoms with Gasteiger partial charge < -0.3 is 5.32 Å². The van der Waals surface area contributed by atoms with E-state index in [1.165, 1.54) is 18.4 Å². The Bertz CT molecular complexity index is 504. The maximum Gasteiger partial charge on any atom is 0.228 e. The van der Waals surface area contributed by atoms with Crippen molar-refractivity contribution in [2.24, 2.45) is 17.8 Å².